The van der Waals surface area contributed by atoms with E-state index in [0.717, 1.165) is 11.5 Å². The number of anilines is 1. The first-order valence-electron chi connectivity index (χ1n) is 5.11. The summed E-state index contributed by atoms with van der Waals surface area (Å²) in [6.07, 6.45) is 2.52. The minimum atomic E-state index is -0.808. The third kappa shape index (κ3) is 2.43. The summed E-state index contributed by atoms with van der Waals surface area (Å²) in [4.78, 5) is 12.5. The fourth-order valence-electron chi connectivity index (χ4n) is 1.76. The lowest BCUT2D eigenvalue weighted by atomic mass is 9.79. The van der Waals surface area contributed by atoms with Gasteiger partial charge in [0.25, 0.3) is 0 Å². The van der Waals surface area contributed by atoms with Crippen LogP contribution in [0.25, 0.3) is 0 Å². The molecule has 1 saturated heterocycles. The van der Waals surface area contributed by atoms with E-state index in [9.17, 15) is 4.79 Å². The first kappa shape index (κ1) is 12.3. The van der Waals surface area contributed by atoms with Crippen molar-refractivity contribution in [3.8, 4) is 0 Å². The van der Waals surface area contributed by atoms with E-state index >= 15 is 0 Å². The Bertz CT molecular complexity index is 415. The number of rotatable bonds is 3. The summed E-state index contributed by atoms with van der Waals surface area (Å²) < 4.78 is 8.92. The Morgan fingerprint density at radius 3 is 2.82 bits per heavy atom. The maximum absolute atomic E-state index is 12.2. The molecule has 1 amide bonds. The minimum Gasteiger partial charge on any atom is -0.392 e. The number of ether oxygens (including phenoxy) is 1. The molecule has 2 heterocycles. The van der Waals surface area contributed by atoms with E-state index in [-0.39, 0.29) is 10.9 Å². The van der Waals surface area contributed by atoms with Crippen LogP contribution in [0.4, 0.5) is 5.00 Å². The van der Waals surface area contributed by atoms with E-state index in [1.165, 1.54) is 6.20 Å². The van der Waals surface area contributed by atoms with Gasteiger partial charge in [-0.15, -0.1) is 5.10 Å². The Balaban J connectivity index is 2.15. The number of hydrogen-bond donors (Lipinski definition) is 2. The summed E-state index contributed by atoms with van der Waals surface area (Å²) in [6, 6.07) is 0. The first-order valence-corrected chi connectivity index (χ1v) is 6.30. The summed E-state index contributed by atoms with van der Waals surface area (Å²) in [5, 5.41) is 6.99. The lowest BCUT2D eigenvalue weighted by Gasteiger charge is -2.34. The summed E-state index contributed by atoms with van der Waals surface area (Å²) >= 11 is 6.15. The predicted molar refractivity (Wildman–Crippen MR) is 67.8 cm³/mol. The molecule has 8 heteroatoms. The molecule has 0 bridgehead atoms. The lowest BCUT2D eigenvalue weighted by Crippen LogP contribution is -2.49. The molecule has 0 radical (unpaired) electrons. The largest absolute Gasteiger partial charge is 0.392 e. The van der Waals surface area contributed by atoms with Gasteiger partial charge in [-0.2, -0.15) is 0 Å². The van der Waals surface area contributed by atoms with Crippen LogP contribution in [0.3, 0.4) is 0 Å². The fraction of sp³-hybridized carbons (Fsp3) is 0.556. The van der Waals surface area contributed by atoms with Crippen LogP contribution < -0.4 is 11.1 Å². The van der Waals surface area contributed by atoms with Crippen molar-refractivity contribution in [2.75, 3.05) is 18.5 Å². The average Bonchev–Trinajstić information content (AvgIpc) is 2.82. The fourth-order valence-corrected chi connectivity index (χ4v) is 2.47. The SMILES string of the molecule is NC(=S)C1(C(=O)Nc2cnns2)CCOCC1. The van der Waals surface area contributed by atoms with E-state index in [1.54, 1.807) is 0 Å². The van der Waals surface area contributed by atoms with Gasteiger partial charge >= 0.3 is 0 Å². The number of thiocarbonyl (C=S) groups is 1. The topological polar surface area (TPSA) is 90.1 Å². The molecule has 0 aromatic carbocycles. The van der Waals surface area contributed by atoms with Crippen LogP contribution in [0.1, 0.15) is 12.8 Å². The summed E-state index contributed by atoms with van der Waals surface area (Å²) in [5.41, 5.74) is 4.91. The van der Waals surface area contributed by atoms with E-state index in [0.29, 0.717) is 31.1 Å². The lowest BCUT2D eigenvalue weighted by molar-refractivity contribution is -0.126. The summed E-state index contributed by atoms with van der Waals surface area (Å²) in [5.74, 6) is -0.195. The number of nitrogens with one attached hydrogen (secondary N) is 1. The van der Waals surface area contributed by atoms with Gasteiger partial charge in [0, 0.05) is 24.7 Å². The molecule has 1 aromatic heterocycles. The Morgan fingerprint density at radius 2 is 2.29 bits per heavy atom. The highest BCUT2D eigenvalue weighted by Gasteiger charge is 2.43. The Kier molecular flexibility index (Phi) is 3.65. The van der Waals surface area contributed by atoms with Crippen LogP contribution in [0, 0.1) is 5.41 Å². The van der Waals surface area contributed by atoms with Crippen LogP contribution in [0.5, 0.6) is 0 Å². The molecule has 0 aliphatic carbocycles. The molecule has 0 saturated carbocycles. The van der Waals surface area contributed by atoms with Gasteiger partial charge in [0.1, 0.15) is 10.4 Å². The molecule has 0 atom stereocenters. The van der Waals surface area contributed by atoms with Gasteiger partial charge in [-0.3, -0.25) is 4.79 Å². The van der Waals surface area contributed by atoms with Crippen molar-refractivity contribution < 1.29 is 9.53 Å². The number of hydrogen-bond acceptors (Lipinski definition) is 6. The first-order chi connectivity index (χ1) is 8.15. The van der Waals surface area contributed by atoms with Gasteiger partial charge in [-0.25, -0.2) is 0 Å². The van der Waals surface area contributed by atoms with Crippen molar-refractivity contribution in [1.82, 2.24) is 9.59 Å². The number of nitrogens with two attached hydrogens (primary N) is 1. The standard InChI is InChI=1S/C9H12N4O2S2/c10-7(16)9(1-3-15-4-2-9)8(14)12-6-5-11-13-17-6/h5H,1-4H2,(H2,10,16)(H,12,14). The summed E-state index contributed by atoms with van der Waals surface area (Å²) in [7, 11) is 0. The van der Waals surface area contributed by atoms with E-state index in [2.05, 4.69) is 14.9 Å². The molecular formula is C9H12N4O2S2. The molecule has 1 fully saturated rings. The molecule has 0 unspecified atom stereocenters. The normalized spacial score (nSPS) is 18.6. The Hall–Kier alpha value is -1.12. The second kappa shape index (κ2) is 5.03. The van der Waals surface area contributed by atoms with Gasteiger partial charge in [-0.1, -0.05) is 16.7 Å². The molecule has 6 nitrogen and oxygen atoms in total. The smallest absolute Gasteiger partial charge is 0.238 e. The molecule has 3 N–H and O–H groups in total. The Morgan fingerprint density at radius 1 is 1.59 bits per heavy atom. The van der Waals surface area contributed by atoms with Crippen molar-refractivity contribution in [1.29, 1.82) is 0 Å². The van der Waals surface area contributed by atoms with Crippen LogP contribution in [-0.4, -0.2) is 33.7 Å². The van der Waals surface area contributed by atoms with Crippen molar-refractivity contribution in [3.05, 3.63) is 6.20 Å². The van der Waals surface area contributed by atoms with Gasteiger partial charge < -0.3 is 15.8 Å². The number of carbonyl (C=O) groups is 1. The zero-order valence-corrected chi connectivity index (χ0v) is 10.6. The van der Waals surface area contributed by atoms with E-state index in [4.69, 9.17) is 22.7 Å². The highest BCUT2D eigenvalue weighted by Crippen LogP contribution is 2.32. The average molecular weight is 272 g/mol. The van der Waals surface area contributed by atoms with Gasteiger partial charge in [0.15, 0.2) is 0 Å². The minimum absolute atomic E-state index is 0.195. The highest BCUT2D eigenvalue weighted by molar-refractivity contribution is 7.80. The number of carbonyl (C=O) groups excluding carboxylic acids is 1. The van der Waals surface area contributed by atoms with Crippen LogP contribution in [0.15, 0.2) is 6.20 Å². The molecule has 1 aromatic rings. The van der Waals surface area contributed by atoms with Crippen LogP contribution in [0.2, 0.25) is 0 Å². The van der Waals surface area contributed by atoms with Crippen molar-refractivity contribution in [2.24, 2.45) is 11.1 Å². The maximum atomic E-state index is 12.2. The molecule has 17 heavy (non-hydrogen) atoms. The van der Waals surface area contributed by atoms with Gasteiger partial charge in [-0.05, 0) is 12.8 Å². The van der Waals surface area contributed by atoms with Gasteiger partial charge in [0.05, 0.1) is 11.2 Å². The van der Waals surface area contributed by atoms with E-state index < -0.39 is 5.41 Å². The number of aromatic nitrogens is 2. The van der Waals surface area contributed by atoms with Crippen LogP contribution >= 0.6 is 23.8 Å². The second-order valence-electron chi connectivity index (χ2n) is 3.79. The third-order valence-corrected chi connectivity index (χ3v) is 3.82. The molecule has 1 aliphatic rings. The summed E-state index contributed by atoms with van der Waals surface area (Å²) in [6.45, 7) is 0.984. The van der Waals surface area contributed by atoms with Crippen molar-refractivity contribution in [2.45, 2.75) is 12.8 Å². The molecule has 1 aliphatic heterocycles. The quantitative estimate of drug-likeness (QED) is 0.781. The Labute approximate surface area is 108 Å². The zero-order chi connectivity index (χ0) is 12.3. The monoisotopic (exact) mass is 272 g/mol. The third-order valence-electron chi connectivity index (χ3n) is 2.85. The van der Waals surface area contributed by atoms with Gasteiger partial charge in [0.2, 0.25) is 5.91 Å². The molecule has 0 spiro atoms. The molecule has 2 rings (SSSR count). The molecule has 92 valence electrons. The number of amides is 1. The highest BCUT2D eigenvalue weighted by atomic mass is 32.1. The van der Waals surface area contributed by atoms with Crippen LogP contribution in [-0.2, 0) is 9.53 Å². The van der Waals surface area contributed by atoms with E-state index in [1.807, 2.05) is 0 Å². The number of nitrogens with zero attached hydrogens (tertiary/aromatic N) is 2. The predicted octanol–water partition coefficient (Wildman–Crippen LogP) is 0.560. The molecular weight excluding hydrogens is 260 g/mol. The second-order valence-corrected chi connectivity index (χ2v) is 5.02. The maximum Gasteiger partial charge on any atom is 0.238 e. The van der Waals surface area contributed by atoms with Crippen molar-refractivity contribution in [3.63, 3.8) is 0 Å². The van der Waals surface area contributed by atoms with Crippen molar-refractivity contribution >= 4 is 39.6 Å². The zero-order valence-electron chi connectivity index (χ0n) is 9.01.